The number of rotatable bonds is 4. The van der Waals surface area contributed by atoms with Crippen LogP contribution in [0.1, 0.15) is 18.1 Å². The van der Waals surface area contributed by atoms with Gasteiger partial charge in [-0.15, -0.1) is 0 Å². The third-order valence-electron chi connectivity index (χ3n) is 2.97. The van der Waals surface area contributed by atoms with Gasteiger partial charge in [0.25, 0.3) is 5.91 Å². The van der Waals surface area contributed by atoms with E-state index in [1.807, 2.05) is 32.0 Å². The molecule has 2 aromatic carbocycles. The van der Waals surface area contributed by atoms with Crippen LogP contribution in [0.3, 0.4) is 0 Å². The summed E-state index contributed by atoms with van der Waals surface area (Å²) in [6.07, 6.45) is -0.672. The molecule has 0 aliphatic carbocycles. The predicted molar refractivity (Wildman–Crippen MR) is 81.0 cm³/mol. The van der Waals surface area contributed by atoms with Gasteiger partial charge < -0.3 is 10.1 Å². The van der Waals surface area contributed by atoms with Crippen molar-refractivity contribution in [2.75, 3.05) is 5.32 Å². The Balaban J connectivity index is 2.02. The number of anilines is 1. The number of benzene rings is 2. The highest BCUT2D eigenvalue weighted by Gasteiger charge is 2.15. The molecular formula is C17H18FNO2. The van der Waals surface area contributed by atoms with Crippen molar-refractivity contribution in [3.63, 3.8) is 0 Å². The SMILES string of the molecule is Cc1cc(C)cc(OC(C)C(=O)Nc2cccc(F)c2)c1. The molecule has 1 amide bonds. The van der Waals surface area contributed by atoms with E-state index in [4.69, 9.17) is 4.74 Å². The fraction of sp³-hybridized carbons (Fsp3) is 0.235. The molecule has 0 fully saturated rings. The summed E-state index contributed by atoms with van der Waals surface area (Å²) in [5.74, 6) is -0.0650. The summed E-state index contributed by atoms with van der Waals surface area (Å²) in [5, 5.41) is 2.63. The number of ether oxygens (including phenoxy) is 1. The molecule has 0 aromatic heterocycles. The quantitative estimate of drug-likeness (QED) is 0.927. The van der Waals surface area contributed by atoms with Gasteiger partial charge in [-0.05, 0) is 62.2 Å². The lowest BCUT2D eigenvalue weighted by molar-refractivity contribution is -0.122. The van der Waals surface area contributed by atoms with Crippen LogP contribution in [-0.4, -0.2) is 12.0 Å². The zero-order valence-corrected chi connectivity index (χ0v) is 12.3. The Labute approximate surface area is 123 Å². The predicted octanol–water partition coefficient (Wildman–Crippen LogP) is 3.85. The molecule has 21 heavy (non-hydrogen) atoms. The van der Waals surface area contributed by atoms with Gasteiger partial charge in [0.2, 0.25) is 0 Å². The molecule has 110 valence electrons. The fourth-order valence-corrected chi connectivity index (χ4v) is 2.07. The average Bonchev–Trinajstić information content (AvgIpc) is 2.37. The van der Waals surface area contributed by atoms with E-state index in [9.17, 15) is 9.18 Å². The molecule has 0 aliphatic heterocycles. The fourth-order valence-electron chi connectivity index (χ4n) is 2.07. The highest BCUT2D eigenvalue weighted by atomic mass is 19.1. The van der Waals surface area contributed by atoms with Crippen LogP contribution >= 0.6 is 0 Å². The topological polar surface area (TPSA) is 38.3 Å². The van der Waals surface area contributed by atoms with Crippen molar-refractivity contribution >= 4 is 11.6 Å². The molecule has 4 heteroatoms. The molecule has 2 aromatic rings. The standard InChI is InChI=1S/C17H18FNO2/c1-11-7-12(2)9-16(8-11)21-13(3)17(20)19-15-6-4-5-14(18)10-15/h4-10,13H,1-3H3,(H,19,20). The minimum atomic E-state index is -0.672. The Kier molecular flexibility index (Phi) is 4.58. The monoisotopic (exact) mass is 287 g/mol. The van der Waals surface area contributed by atoms with E-state index in [0.717, 1.165) is 11.1 Å². The Morgan fingerprint density at radius 2 is 1.81 bits per heavy atom. The zero-order chi connectivity index (χ0) is 15.4. The van der Waals surface area contributed by atoms with E-state index in [-0.39, 0.29) is 5.91 Å². The molecule has 1 atom stereocenters. The van der Waals surface area contributed by atoms with Gasteiger partial charge in [0.15, 0.2) is 6.10 Å². The first-order chi connectivity index (χ1) is 9.94. The number of aryl methyl sites for hydroxylation is 2. The van der Waals surface area contributed by atoms with Crippen LogP contribution < -0.4 is 10.1 Å². The van der Waals surface area contributed by atoms with Crippen LogP contribution in [0.5, 0.6) is 5.75 Å². The Bertz CT molecular complexity index is 635. The number of hydrogen-bond acceptors (Lipinski definition) is 2. The molecule has 1 unspecified atom stereocenters. The third kappa shape index (κ3) is 4.31. The third-order valence-corrected chi connectivity index (χ3v) is 2.97. The number of halogens is 1. The van der Waals surface area contributed by atoms with Crippen molar-refractivity contribution in [1.82, 2.24) is 0 Å². The lowest BCUT2D eigenvalue weighted by atomic mass is 10.1. The maximum absolute atomic E-state index is 13.1. The van der Waals surface area contributed by atoms with Gasteiger partial charge in [0, 0.05) is 5.69 Å². The van der Waals surface area contributed by atoms with E-state index in [2.05, 4.69) is 5.32 Å². The zero-order valence-electron chi connectivity index (χ0n) is 12.3. The molecule has 0 saturated heterocycles. The van der Waals surface area contributed by atoms with E-state index in [1.54, 1.807) is 19.1 Å². The molecule has 0 radical (unpaired) electrons. The molecule has 0 aliphatic rings. The minimum absolute atomic E-state index is 0.320. The molecule has 0 bridgehead atoms. The van der Waals surface area contributed by atoms with Gasteiger partial charge in [0.05, 0.1) is 0 Å². The lowest BCUT2D eigenvalue weighted by Crippen LogP contribution is -2.30. The molecule has 0 spiro atoms. The van der Waals surface area contributed by atoms with Gasteiger partial charge in [-0.3, -0.25) is 4.79 Å². The number of carbonyl (C=O) groups excluding carboxylic acids is 1. The summed E-state index contributed by atoms with van der Waals surface area (Å²) in [4.78, 5) is 12.0. The van der Waals surface area contributed by atoms with Crippen molar-refractivity contribution in [2.24, 2.45) is 0 Å². The second-order valence-electron chi connectivity index (χ2n) is 5.08. The van der Waals surface area contributed by atoms with Crippen molar-refractivity contribution in [1.29, 1.82) is 0 Å². The average molecular weight is 287 g/mol. The van der Waals surface area contributed by atoms with E-state index >= 15 is 0 Å². The van der Waals surface area contributed by atoms with Gasteiger partial charge in [-0.25, -0.2) is 4.39 Å². The van der Waals surface area contributed by atoms with Gasteiger partial charge in [-0.2, -0.15) is 0 Å². The van der Waals surface area contributed by atoms with Crippen LogP contribution in [0.25, 0.3) is 0 Å². The van der Waals surface area contributed by atoms with Crippen LogP contribution in [0.15, 0.2) is 42.5 Å². The highest BCUT2D eigenvalue weighted by molar-refractivity contribution is 5.94. The Morgan fingerprint density at radius 1 is 1.14 bits per heavy atom. The molecule has 0 heterocycles. The van der Waals surface area contributed by atoms with Crippen molar-refractivity contribution in [2.45, 2.75) is 26.9 Å². The van der Waals surface area contributed by atoms with Crippen molar-refractivity contribution < 1.29 is 13.9 Å². The first-order valence-corrected chi connectivity index (χ1v) is 6.75. The summed E-state index contributed by atoms with van der Waals surface area (Å²) >= 11 is 0. The van der Waals surface area contributed by atoms with Crippen LogP contribution in [0.2, 0.25) is 0 Å². The molecule has 2 rings (SSSR count). The number of hydrogen-bond donors (Lipinski definition) is 1. The maximum Gasteiger partial charge on any atom is 0.265 e. The first kappa shape index (κ1) is 15.0. The van der Waals surface area contributed by atoms with Gasteiger partial charge in [0.1, 0.15) is 11.6 Å². The number of carbonyl (C=O) groups is 1. The second kappa shape index (κ2) is 6.39. The van der Waals surface area contributed by atoms with Crippen molar-refractivity contribution in [3.05, 3.63) is 59.4 Å². The van der Waals surface area contributed by atoms with E-state index < -0.39 is 11.9 Å². The van der Waals surface area contributed by atoms with E-state index in [0.29, 0.717) is 11.4 Å². The molecular weight excluding hydrogens is 269 g/mol. The van der Waals surface area contributed by atoms with Crippen LogP contribution in [-0.2, 0) is 4.79 Å². The van der Waals surface area contributed by atoms with Crippen LogP contribution in [0, 0.1) is 19.7 Å². The Hall–Kier alpha value is -2.36. The number of nitrogens with one attached hydrogen (secondary N) is 1. The van der Waals surface area contributed by atoms with E-state index in [1.165, 1.54) is 12.1 Å². The summed E-state index contributed by atoms with van der Waals surface area (Å²) in [7, 11) is 0. The summed E-state index contributed by atoms with van der Waals surface area (Å²) in [5.41, 5.74) is 2.56. The lowest BCUT2D eigenvalue weighted by Gasteiger charge is -2.15. The Morgan fingerprint density at radius 3 is 2.43 bits per heavy atom. The summed E-state index contributed by atoms with van der Waals surface area (Å²) in [6.45, 7) is 5.60. The molecule has 3 nitrogen and oxygen atoms in total. The summed E-state index contributed by atoms with van der Waals surface area (Å²) in [6, 6.07) is 11.5. The van der Waals surface area contributed by atoms with Crippen molar-refractivity contribution in [3.8, 4) is 5.75 Å². The van der Waals surface area contributed by atoms with Crippen LogP contribution in [0.4, 0.5) is 10.1 Å². The first-order valence-electron chi connectivity index (χ1n) is 6.75. The largest absolute Gasteiger partial charge is 0.481 e. The normalized spacial score (nSPS) is 11.8. The maximum atomic E-state index is 13.1. The van der Waals surface area contributed by atoms with Gasteiger partial charge >= 0.3 is 0 Å². The second-order valence-corrected chi connectivity index (χ2v) is 5.08. The minimum Gasteiger partial charge on any atom is -0.481 e. The van der Waals surface area contributed by atoms with Gasteiger partial charge in [-0.1, -0.05) is 12.1 Å². The molecule has 1 N–H and O–H groups in total. The smallest absolute Gasteiger partial charge is 0.265 e. The number of amides is 1. The summed E-state index contributed by atoms with van der Waals surface area (Å²) < 4.78 is 18.7. The molecule has 0 saturated carbocycles. The highest BCUT2D eigenvalue weighted by Crippen LogP contribution is 2.18.